The van der Waals surface area contributed by atoms with Crippen LogP contribution in [0.2, 0.25) is 0 Å². The zero-order chi connectivity index (χ0) is 22.2. The molecule has 0 aliphatic carbocycles. The number of amides is 2. The average molecular weight is 425 g/mol. The molecule has 0 spiro atoms. The van der Waals surface area contributed by atoms with Crippen LogP contribution in [0.5, 0.6) is 0 Å². The Bertz CT molecular complexity index is 1230. The van der Waals surface area contributed by atoms with Gasteiger partial charge in [0.1, 0.15) is 0 Å². The van der Waals surface area contributed by atoms with Crippen LogP contribution in [0, 0.1) is 11.3 Å². The van der Waals surface area contributed by atoms with Crippen molar-refractivity contribution in [3.63, 3.8) is 0 Å². The lowest BCUT2D eigenvalue weighted by molar-refractivity contribution is 0.0727. The largest absolute Gasteiger partial charge is 0.334 e. The summed E-state index contributed by atoms with van der Waals surface area (Å²) < 4.78 is 0. The van der Waals surface area contributed by atoms with E-state index in [1.165, 1.54) is 0 Å². The third-order valence-electron chi connectivity index (χ3n) is 6.38. The molecule has 3 aromatic rings. The van der Waals surface area contributed by atoms with Crippen molar-refractivity contribution in [2.24, 2.45) is 0 Å². The van der Waals surface area contributed by atoms with Crippen LogP contribution in [0.4, 0.5) is 0 Å². The van der Waals surface area contributed by atoms with Crippen LogP contribution in [0.25, 0.3) is 0 Å². The van der Waals surface area contributed by atoms with Gasteiger partial charge >= 0.3 is 0 Å². The first kappa shape index (κ1) is 20.0. The SMILES string of the molecule is CC(C#N)c1cccc(C(=O)N2CCc3cc(C(=O)N4Cc5cn[nH]c5C4)ccc3C2)c1. The number of nitriles is 1. The molecule has 5 rings (SSSR count). The molecule has 0 saturated carbocycles. The molecule has 2 amide bonds. The highest BCUT2D eigenvalue weighted by Crippen LogP contribution is 2.26. The second-order valence-corrected chi connectivity index (χ2v) is 8.47. The van der Waals surface area contributed by atoms with Crippen molar-refractivity contribution in [1.82, 2.24) is 20.0 Å². The Morgan fingerprint density at radius 2 is 1.78 bits per heavy atom. The number of hydrogen-bond donors (Lipinski definition) is 1. The molecule has 0 saturated heterocycles. The molecule has 7 heteroatoms. The van der Waals surface area contributed by atoms with E-state index in [4.69, 9.17) is 5.26 Å². The van der Waals surface area contributed by atoms with Crippen molar-refractivity contribution in [2.75, 3.05) is 6.54 Å². The smallest absolute Gasteiger partial charge is 0.254 e. The summed E-state index contributed by atoms with van der Waals surface area (Å²) in [4.78, 5) is 29.7. The number of aromatic amines is 1. The highest BCUT2D eigenvalue weighted by molar-refractivity contribution is 5.96. The van der Waals surface area contributed by atoms with E-state index < -0.39 is 0 Å². The lowest BCUT2D eigenvalue weighted by atomic mass is 9.95. The van der Waals surface area contributed by atoms with Crippen LogP contribution in [0.1, 0.15) is 61.5 Å². The Balaban J connectivity index is 1.30. The Morgan fingerprint density at radius 3 is 2.59 bits per heavy atom. The first-order chi connectivity index (χ1) is 15.5. The van der Waals surface area contributed by atoms with E-state index in [-0.39, 0.29) is 17.7 Å². The second-order valence-electron chi connectivity index (χ2n) is 8.47. The number of rotatable bonds is 3. The summed E-state index contributed by atoms with van der Waals surface area (Å²) in [6.45, 7) is 4.07. The maximum atomic E-state index is 13.1. The summed E-state index contributed by atoms with van der Waals surface area (Å²) in [6.07, 6.45) is 2.48. The maximum Gasteiger partial charge on any atom is 0.254 e. The molecule has 1 aromatic heterocycles. The van der Waals surface area contributed by atoms with Crippen molar-refractivity contribution in [3.8, 4) is 6.07 Å². The van der Waals surface area contributed by atoms with E-state index in [1.807, 2.05) is 53.1 Å². The number of carbonyl (C=O) groups is 2. The predicted molar refractivity (Wildman–Crippen MR) is 118 cm³/mol. The molecule has 0 radical (unpaired) electrons. The van der Waals surface area contributed by atoms with Crippen molar-refractivity contribution in [3.05, 3.63) is 87.7 Å². The fraction of sp³-hybridized carbons (Fsp3) is 0.280. The van der Waals surface area contributed by atoms with Crippen LogP contribution in [0.15, 0.2) is 48.7 Å². The van der Waals surface area contributed by atoms with E-state index >= 15 is 0 Å². The molecule has 1 atom stereocenters. The summed E-state index contributed by atoms with van der Waals surface area (Å²) in [6, 6.07) is 15.3. The topological polar surface area (TPSA) is 93.1 Å². The van der Waals surface area contributed by atoms with Crippen molar-refractivity contribution < 1.29 is 9.59 Å². The minimum absolute atomic E-state index is 0.0133. The van der Waals surface area contributed by atoms with Crippen LogP contribution in [-0.4, -0.2) is 38.4 Å². The van der Waals surface area contributed by atoms with Crippen LogP contribution < -0.4 is 0 Å². The van der Waals surface area contributed by atoms with Crippen molar-refractivity contribution in [2.45, 2.75) is 38.9 Å². The van der Waals surface area contributed by atoms with Gasteiger partial charge in [-0.1, -0.05) is 18.2 Å². The third-order valence-corrected chi connectivity index (χ3v) is 6.38. The lowest BCUT2D eigenvalue weighted by Gasteiger charge is -2.29. The van der Waals surface area contributed by atoms with Crippen LogP contribution >= 0.6 is 0 Å². The molecular weight excluding hydrogens is 402 g/mol. The molecule has 2 aliphatic rings. The van der Waals surface area contributed by atoms with Gasteiger partial charge in [0.2, 0.25) is 0 Å². The summed E-state index contributed by atoms with van der Waals surface area (Å²) >= 11 is 0. The molecule has 0 bridgehead atoms. The first-order valence-corrected chi connectivity index (χ1v) is 10.7. The van der Waals surface area contributed by atoms with Gasteiger partial charge < -0.3 is 9.80 Å². The Labute approximate surface area is 186 Å². The van der Waals surface area contributed by atoms with Gasteiger partial charge in [0, 0.05) is 36.3 Å². The van der Waals surface area contributed by atoms with Crippen molar-refractivity contribution in [1.29, 1.82) is 5.26 Å². The highest BCUT2D eigenvalue weighted by Gasteiger charge is 2.27. The second kappa shape index (κ2) is 7.97. The molecule has 1 N–H and O–H groups in total. The Hall–Kier alpha value is -3.92. The fourth-order valence-electron chi connectivity index (χ4n) is 4.45. The number of nitrogens with zero attached hydrogens (tertiary/aromatic N) is 4. The fourth-order valence-corrected chi connectivity index (χ4v) is 4.45. The summed E-state index contributed by atoms with van der Waals surface area (Å²) in [5.74, 6) is -0.273. The zero-order valence-corrected chi connectivity index (χ0v) is 17.8. The molecule has 160 valence electrons. The van der Waals surface area contributed by atoms with Gasteiger partial charge in [0.15, 0.2) is 0 Å². The molecule has 2 aromatic carbocycles. The average Bonchev–Trinajstić information content (AvgIpc) is 3.44. The van der Waals surface area contributed by atoms with Crippen molar-refractivity contribution >= 4 is 11.8 Å². The number of H-pyrrole nitrogens is 1. The number of benzene rings is 2. The lowest BCUT2D eigenvalue weighted by Crippen LogP contribution is -2.36. The number of aromatic nitrogens is 2. The van der Waals surface area contributed by atoms with E-state index in [1.54, 1.807) is 12.3 Å². The maximum absolute atomic E-state index is 13.1. The quantitative estimate of drug-likeness (QED) is 0.696. The highest BCUT2D eigenvalue weighted by atomic mass is 16.2. The van der Waals surface area contributed by atoms with E-state index in [0.717, 1.165) is 27.9 Å². The number of fused-ring (bicyclic) bond motifs is 2. The van der Waals surface area contributed by atoms with Crippen LogP contribution in [0.3, 0.4) is 0 Å². The number of carbonyl (C=O) groups excluding carboxylic acids is 2. The van der Waals surface area contributed by atoms with E-state index in [0.29, 0.717) is 43.7 Å². The van der Waals surface area contributed by atoms with Gasteiger partial charge in [-0.15, -0.1) is 0 Å². The minimum Gasteiger partial charge on any atom is -0.334 e. The molecule has 2 aliphatic heterocycles. The summed E-state index contributed by atoms with van der Waals surface area (Å²) in [7, 11) is 0. The molecule has 1 unspecified atom stereocenters. The molecular formula is C25H23N5O2. The first-order valence-electron chi connectivity index (χ1n) is 10.7. The number of nitrogens with one attached hydrogen (secondary N) is 1. The number of hydrogen-bond acceptors (Lipinski definition) is 4. The summed E-state index contributed by atoms with van der Waals surface area (Å²) in [5.41, 5.74) is 6.39. The van der Waals surface area contributed by atoms with Crippen LogP contribution in [-0.2, 0) is 26.1 Å². The molecule has 7 nitrogen and oxygen atoms in total. The van der Waals surface area contributed by atoms with E-state index in [9.17, 15) is 9.59 Å². The minimum atomic E-state index is -0.254. The van der Waals surface area contributed by atoms with Gasteiger partial charge in [0.25, 0.3) is 11.8 Å². The van der Waals surface area contributed by atoms with E-state index in [2.05, 4.69) is 16.3 Å². The molecule has 32 heavy (non-hydrogen) atoms. The van der Waals surface area contributed by atoms with Gasteiger partial charge in [-0.2, -0.15) is 10.4 Å². The zero-order valence-electron chi connectivity index (χ0n) is 17.8. The predicted octanol–water partition coefficient (Wildman–Crippen LogP) is 3.39. The third kappa shape index (κ3) is 3.54. The Kier molecular flexibility index (Phi) is 4.98. The van der Waals surface area contributed by atoms with Gasteiger partial charge in [-0.3, -0.25) is 14.7 Å². The van der Waals surface area contributed by atoms with Gasteiger partial charge in [-0.25, -0.2) is 0 Å². The Morgan fingerprint density at radius 1 is 1.00 bits per heavy atom. The standard InChI is InChI=1S/C25H23N5O2/c1-16(11-26)17-3-2-4-19(9-17)24(31)29-8-7-18-10-20(5-6-21(18)13-29)25(32)30-14-22-12-27-28-23(22)15-30/h2-6,9-10,12,16H,7-8,13-15H2,1H3,(H,27,28). The molecule has 3 heterocycles. The normalized spacial score (nSPS) is 15.6. The molecule has 0 fully saturated rings. The van der Waals surface area contributed by atoms with Gasteiger partial charge in [0.05, 0.1) is 30.4 Å². The van der Waals surface area contributed by atoms with Gasteiger partial charge in [-0.05, 0) is 54.3 Å². The monoisotopic (exact) mass is 425 g/mol. The summed E-state index contributed by atoms with van der Waals surface area (Å²) in [5, 5.41) is 16.1.